The molecule has 0 fully saturated rings. The minimum Gasteiger partial charge on any atom is -0.454 e. The molecule has 0 saturated heterocycles. The molecule has 0 aliphatic heterocycles. The summed E-state index contributed by atoms with van der Waals surface area (Å²) in [6, 6.07) is 1.99. The number of hydrogen-bond acceptors (Lipinski definition) is 3. The van der Waals surface area contributed by atoms with Gasteiger partial charge in [-0.1, -0.05) is 0 Å². The number of nitrogens with two attached hydrogens (primary N) is 1. The molecule has 0 radical (unpaired) electrons. The zero-order valence-electron chi connectivity index (χ0n) is 5.89. The number of rotatable bonds is 2. The van der Waals surface area contributed by atoms with Gasteiger partial charge in [-0.2, -0.15) is 13.2 Å². The molecule has 3 nitrogen and oxygen atoms in total. The third-order valence-electron chi connectivity index (χ3n) is 1.17. The van der Waals surface area contributed by atoms with Crippen LogP contribution in [0.3, 0.4) is 0 Å². The molecule has 0 aliphatic carbocycles. The molecular weight excluding hydrogens is 175 g/mol. The minimum absolute atomic E-state index is 0.0461. The molecule has 1 aromatic heterocycles. The van der Waals surface area contributed by atoms with Crippen molar-refractivity contribution in [1.29, 1.82) is 0 Å². The zero-order valence-corrected chi connectivity index (χ0v) is 5.89. The van der Waals surface area contributed by atoms with E-state index < -0.39 is 11.9 Å². The first kappa shape index (κ1) is 9.08. The van der Waals surface area contributed by atoms with E-state index >= 15 is 0 Å². The van der Waals surface area contributed by atoms with Crippen LogP contribution >= 0.6 is 0 Å². The van der Waals surface area contributed by atoms with E-state index in [1.54, 1.807) is 0 Å². The van der Waals surface area contributed by atoms with Crippen LogP contribution in [0.4, 0.5) is 13.2 Å². The van der Waals surface area contributed by atoms with Crippen LogP contribution in [0, 0.1) is 0 Å². The summed E-state index contributed by atoms with van der Waals surface area (Å²) in [5, 5.41) is 0. The van der Waals surface area contributed by atoms with E-state index in [1.807, 2.05) is 0 Å². The Morgan fingerprint density at radius 1 is 1.42 bits per heavy atom. The predicted molar refractivity (Wildman–Crippen MR) is 32.7 cm³/mol. The first-order valence-electron chi connectivity index (χ1n) is 3.01. The monoisotopic (exact) mass is 181 g/mol. The Labute approximate surface area is 65.9 Å². The lowest BCUT2D eigenvalue weighted by Crippen LogP contribution is -2.02. The highest BCUT2D eigenvalue weighted by Crippen LogP contribution is 2.30. The third-order valence-corrected chi connectivity index (χ3v) is 1.17. The second-order valence-electron chi connectivity index (χ2n) is 2.07. The van der Waals surface area contributed by atoms with Gasteiger partial charge in [0.05, 0.1) is 0 Å². The van der Waals surface area contributed by atoms with Crippen LogP contribution in [0.25, 0.3) is 0 Å². The van der Waals surface area contributed by atoms with Gasteiger partial charge in [0.2, 0.25) is 5.76 Å². The fourth-order valence-electron chi connectivity index (χ4n) is 0.690. The van der Waals surface area contributed by atoms with Gasteiger partial charge in [-0.25, -0.2) is 5.90 Å². The van der Waals surface area contributed by atoms with Gasteiger partial charge in [-0.05, 0) is 12.1 Å². The van der Waals surface area contributed by atoms with Crippen molar-refractivity contribution in [2.45, 2.75) is 12.8 Å². The summed E-state index contributed by atoms with van der Waals surface area (Å²) < 4.78 is 40.0. The second kappa shape index (κ2) is 3.16. The van der Waals surface area contributed by atoms with Crippen LogP contribution in [0.1, 0.15) is 11.5 Å². The van der Waals surface area contributed by atoms with Crippen molar-refractivity contribution in [3.63, 3.8) is 0 Å². The van der Waals surface area contributed by atoms with E-state index in [2.05, 4.69) is 15.2 Å². The van der Waals surface area contributed by atoms with Crippen LogP contribution in [0.15, 0.2) is 16.5 Å². The summed E-state index contributed by atoms with van der Waals surface area (Å²) in [5.74, 6) is 3.64. The van der Waals surface area contributed by atoms with Gasteiger partial charge in [-0.3, -0.25) is 4.84 Å². The number of alkyl halides is 3. The average Bonchev–Trinajstić information content (AvgIpc) is 2.35. The SMILES string of the molecule is NOCc1ccc(C(F)(F)F)o1. The van der Waals surface area contributed by atoms with Crippen molar-refractivity contribution in [3.05, 3.63) is 23.7 Å². The molecule has 0 aliphatic rings. The van der Waals surface area contributed by atoms with E-state index in [0.29, 0.717) is 0 Å². The fourth-order valence-corrected chi connectivity index (χ4v) is 0.690. The van der Waals surface area contributed by atoms with Gasteiger partial charge < -0.3 is 4.42 Å². The van der Waals surface area contributed by atoms with Gasteiger partial charge in [-0.15, -0.1) is 0 Å². The van der Waals surface area contributed by atoms with E-state index in [1.165, 1.54) is 0 Å². The van der Waals surface area contributed by atoms with Crippen LogP contribution < -0.4 is 5.90 Å². The summed E-state index contributed by atoms with van der Waals surface area (Å²) in [6.07, 6.45) is -4.45. The third kappa shape index (κ3) is 1.99. The van der Waals surface area contributed by atoms with Crippen molar-refractivity contribution < 1.29 is 22.4 Å². The van der Waals surface area contributed by atoms with Gasteiger partial charge in [0.1, 0.15) is 12.4 Å². The fraction of sp³-hybridized carbons (Fsp3) is 0.333. The first-order chi connectivity index (χ1) is 5.54. The quantitative estimate of drug-likeness (QED) is 0.706. The van der Waals surface area contributed by atoms with Gasteiger partial charge in [0.15, 0.2) is 0 Å². The maximum absolute atomic E-state index is 11.9. The Hall–Kier alpha value is -1.01. The molecule has 6 heteroatoms. The summed E-state index contributed by atoms with van der Waals surface area (Å²) in [5.41, 5.74) is 0. The Balaban J connectivity index is 2.77. The van der Waals surface area contributed by atoms with Gasteiger partial charge in [0, 0.05) is 0 Å². The van der Waals surface area contributed by atoms with Crippen molar-refractivity contribution in [3.8, 4) is 0 Å². The maximum Gasteiger partial charge on any atom is 0.449 e. The molecule has 0 saturated carbocycles. The Bertz CT molecular complexity index is 256. The molecule has 0 aromatic carbocycles. The summed E-state index contributed by atoms with van der Waals surface area (Å²) in [6.45, 7) is -0.171. The Morgan fingerprint density at radius 2 is 2.08 bits per heavy atom. The van der Waals surface area contributed by atoms with E-state index in [0.717, 1.165) is 12.1 Å². The van der Waals surface area contributed by atoms with Crippen molar-refractivity contribution >= 4 is 0 Å². The standard InChI is InChI=1S/C6H6F3NO2/c7-6(8,9)5-2-1-4(12-5)3-11-10/h1-2H,3,10H2. The van der Waals surface area contributed by atoms with Gasteiger partial charge >= 0.3 is 6.18 Å². The lowest BCUT2D eigenvalue weighted by atomic mass is 10.4. The largest absolute Gasteiger partial charge is 0.454 e. The maximum atomic E-state index is 11.9. The molecule has 2 N–H and O–H groups in total. The van der Waals surface area contributed by atoms with Gasteiger partial charge in [0.25, 0.3) is 0 Å². The number of halogens is 3. The molecule has 1 rings (SSSR count). The van der Waals surface area contributed by atoms with Crippen LogP contribution in [-0.2, 0) is 17.6 Å². The minimum atomic E-state index is -4.45. The average molecular weight is 181 g/mol. The Kier molecular flexibility index (Phi) is 2.39. The number of hydrogen-bond donors (Lipinski definition) is 1. The number of furan rings is 1. The summed E-state index contributed by atoms with van der Waals surface area (Å²) in [7, 11) is 0. The first-order valence-corrected chi connectivity index (χ1v) is 3.01. The molecule has 68 valence electrons. The highest BCUT2D eigenvalue weighted by Gasteiger charge is 2.34. The van der Waals surface area contributed by atoms with Crippen LogP contribution in [-0.4, -0.2) is 0 Å². The molecule has 0 atom stereocenters. The molecule has 0 bridgehead atoms. The summed E-state index contributed by atoms with van der Waals surface area (Å²) >= 11 is 0. The van der Waals surface area contributed by atoms with Crippen molar-refractivity contribution in [2.24, 2.45) is 5.90 Å². The van der Waals surface area contributed by atoms with Crippen LogP contribution in [0.5, 0.6) is 0 Å². The normalized spacial score (nSPS) is 12.0. The molecule has 1 aromatic rings. The van der Waals surface area contributed by atoms with E-state index in [4.69, 9.17) is 0 Å². The molecule has 0 amide bonds. The highest BCUT2D eigenvalue weighted by molar-refractivity contribution is 5.08. The second-order valence-corrected chi connectivity index (χ2v) is 2.07. The topological polar surface area (TPSA) is 48.4 Å². The van der Waals surface area contributed by atoms with E-state index in [-0.39, 0.29) is 12.4 Å². The lowest BCUT2D eigenvalue weighted by Gasteiger charge is -2.00. The predicted octanol–water partition coefficient (Wildman–Crippen LogP) is 1.69. The lowest BCUT2D eigenvalue weighted by molar-refractivity contribution is -0.153. The Morgan fingerprint density at radius 3 is 2.50 bits per heavy atom. The summed E-state index contributed by atoms with van der Waals surface area (Å²) in [4.78, 5) is 4.09. The smallest absolute Gasteiger partial charge is 0.449 e. The highest BCUT2D eigenvalue weighted by atomic mass is 19.4. The molecule has 0 spiro atoms. The van der Waals surface area contributed by atoms with Crippen molar-refractivity contribution in [2.75, 3.05) is 0 Å². The molecule has 12 heavy (non-hydrogen) atoms. The van der Waals surface area contributed by atoms with Crippen LogP contribution in [0.2, 0.25) is 0 Å². The zero-order chi connectivity index (χ0) is 9.19. The molecular formula is C6H6F3NO2. The van der Waals surface area contributed by atoms with E-state index in [9.17, 15) is 13.2 Å². The molecule has 0 unspecified atom stereocenters. The van der Waals surface area contributed by atoms with Crippen molar-refractivity contribution in [1.82, 2.24) is 0 Å². The molecule has 1 heterocycles.